The second kappa shape index (κ2) is 9.27. The average Bonchev–Trinajstić information content (AvgIpc) is 3.04. The van der Waals surface area contributed by atoms with Gasteiger partial charge in [-0.1, -0.05) is 24.6 Å². The number of nitrogens with zero attached hydrogens (tertiary/aromatic N) is 2. The van der Waals surface area contributed by atoms with E-state index in [2.05, 4.69) is 27.4 Å². The standard InChI is InChI=1S/C18H29N5O/c1-3-23-11-5-8-16(23)13-22-18(19)21-10-9-20-17(24)15-7-4-6-14(2)12-15/h4,6-7,12,16H,3,5,8-11,13H2,1-2H3,(H,20,24)(H3,19,21,22). The van der Waals surface area contributed by atoms with E-state index in [1.165, 1.54) is 12.8 Å². The Bertz CT molecular complexity index is 572. The number of hydrogen-bond acceptors (Lipinski definition) is 3. The molecule has 0 aromatic heterocycles. The summed E-state index contributed by atoms with van der Waals surface area (Å²) in [6.45, 7) is 8.19. The number of nitrogens with two attached hydrogens (primary N) is 1. The molecule has 6 heteroatoms. The highest BCUT2D eigenvalue weighted by Crippen LogP contribution is 2.16. The molecule has 1 aromatic rings. The smallest absolute Gasteiger partial charge is 0.251 e. The molecule has 1 aliphatic heterocycles. The van der Waals surface area contributed by atoms with Crippen molar-refractivity contribution in [3.8, 4) is 0 Å². The van der Waals surface area contributed by atoms with Gasteiger partial charge in [0.2, 0.25) is 0 Å². The maximum atomic E-state index is 12.0. The predicted molar refractivity (Wildman–Crippen MR) is 98.3 cm³/mol. The molecule has 0 aliphatic carbocycles. The van der Waals surface area contributed by atoms with E-state index in [-0.39, 0.29) is 5.91 Å². The van der Waals surface area contributed by atoms with Gasteiger partial charge in [-0.05, 0) is 45.0 Å². The van der Waals surface area contributed by atoms with Crippen LogP contribution in [0.1, 0.15) is 35.7 Å². The van der Waals surface area contributed by atoms with Crippen LogP contribution in [0.2, 0.25) is 0 Å². The van der Waals surface area contributed by atoms with Crippen LogP contribution in [0.5, 0.6) is 0 Å². The molecule has 1 heterocycles. The Kier molecular flexibility index (Phi) is 7.06. The lowest BCUT2D eigenvalue weighted by Gasteiger charge is -2.20. The number of nitrogens with one attached hydrogen (secondary N) is 2. The first-order valence-corrected chi connectivity index (χ1v) is 8.73. The quantitative estimate of drug-likeness (QED) is 0.397. The second-order valence-corrected chi connectivity index (χ2v) is 6.20. The molecule has 1 aromatic carbocycles. The van der Waals surface area contributed by atoms with Crippen molar-refractivity contribution in [2.24, 2.45) is 10.7 Å². The lowest BCUT2D eigenvalue weighted by molar-refractivity contribution is 0.0954. The number of rotatable bonds is 7. The van der Waals surface area contributed by atoms with E-state index in [0.29, 0.717) is 30.7 Å². The zero-order valence-electron chi connectivity index (χ0n) is 14.7. The summed E-state index contributed by atoms with van der Waals surface area (Å²) < 4.78 is 0. The Morgan fingerprint density at radius 1 is 1.38 bits per heavy atom. The van der Waals surface area contributed by atoms with E-state index in [9.17, 15) is 4.79 Å². The minimum Gasteiger partial charge on any atom is -0.370 e. The Morgan fingerprint density at radius 3 is 2.92 bits per heavy atom. The number of likely N-dealkylation sites (tertiary alicyclic amines) is 1. The molecule has 1 saturated heterocycles. The van der Waals surface area contributed by atoms with Gasteiger partial charge in [-0.25, -0.2) is 0 Å². The van der Waals surface area contributed by atoms with Crippen molar-refractivity contribution in [1.82, 2.24) is 15.5 Å². The van der Waals surface area contributed by atoms with Crippen LogP contribution in [0.4, 0.5) is 0 Å². The first kappa shape index (κ1) is 18.3. The first-order valence-electron chi connectivity index (χ1n) is 8.73. The molecule has 0 spiro atoms. The van der Waals surface area contributed by atoms with Crippen LogP contribution in [0.25, 0.3) is 0 Å². The number of guanidine groups is 1. The van der Waals surface area contributed by atoms with E-state index in [1.807, 2.05) is 31.2 Å². The summed E-state index contributed by atoms with van der Waals surface area (Å²) in [5, 5.41) is 5.93. The Balaban J connectivity index is 1.66. The molecule has 4 N–H and O–H groups in total. The summed E-state index contributed by atoms with van der Waals surface area (Å²) in [6.07, 6.45) is 2.43. The molecule has 1 amide bonds. The van der Waals surface area contributed by atoms with Crippen LogP contribution < -0.4 is 16.4 Å². The fraction of sp³-hybridized carbons (Fsp3) is 0.556. The van der Waals surface area contributed by atoms with E-state index in [1.54, 1.807) is 0 Å². The van der Waals surface area contributed by atoms with Crippen molar-refractivity contribution in [1.29, 1.82) is 0 Å². The van der Waals surface area contributed by atoms with Gasteiger partial charge in [0.1, 0.15) is 0 Å². The van der Waals surface area contributed by atoms with Crippen molar-refractivity contribution < 1.29 is 4.79 Å². The van der Waals surface area contributed by atoms with Gasteiger partial charge in [0.25, 0.3) is 5.91 Å². The Labute approximate surface area is 144 Å². The predicted octanol–water partition coefficient (Wildman–Crippen LogP) is 1.11. The molecule has 132 valence electrons. The molecular formula is C18H29N5O. The normalized spacial score (nSPS) is 18.6. The number of aryl methyl sites for hydroxylation is 1. The highest BCUT2D eigenvalue weighted by Gasteiger charge is 2.22. The molecule has 1 atom stereocenters. The summed E-state index contributed by atoms with van der Waals surface area (Å²) in [5.74, 6) is 0.378. The molecule has 0 saturated carbocycles. The third-order valence-electron chi connectivity index (χ3n) is 4.37. The van der Waals surface area contributed by atoms with Gasteiger partial charge >= 0.3 is 0 Å². The lowest BCUT2D eigenvalue weighted by Crippen LogP contribution is -2.39. The third-order valence-corrected chi connectivity index (χ3v) is 4.37. The minimum atomic E-state index is -0.0689. The SMILES string of the molecule is CCN1CCCC1CN=C(N)NCCNC(=O)c1cccc(C)c1. The summed E-state index contributed by atoms with van der Waals surface area (Å²) in [4.78, 5) is 18.9. The van der Waals surface area contributed by atoms with E-state index < -0.39 is 0 Å². The fourth-order valence-corrected chi connectivity index (χ4v) is 3.03. The van der Waals surface area contributed by atoms with Crippen LogP contribution in [-0.4, -0.2) is 55.5 Å². The minimum absolute atomic E-state index is 0.0689. The van der Waals surface area contributed by atoms with Crippen molar-refractivity contribution in [2.45, 2.75) is 32.7 Å². The van der Waals surface area contributed by atoms with Crippen LogP contribution in [-0.2, 0) is 0 Å². The molecular weight excluding hydrogens is 302 g/mol. The van der Waals surface area contributed by atoms with Gasteiger partial charge < -0.3 is 16.4 Å². The Hall–Kier alpha value is -2.08. The molecule has 1 fully saturated rings. The summed E-state index contributed by atoms with van der Waals surface area (Å²) in [6, 6.07) is 8.05. The first-order chi connectivity index (χ1) is 11.6. The van der Waals surface area contributed by atoms with Crippen LogP contribution in [0, 0.1) is 6.92 Å². The van der Waals surface area contributed by atoms with Crippen molar-refractivity contribution in [3.63, 3.8) is 0 Å². The highest BCUT2D eigenvalue weighted by molar-refractivity contribution is 5.94. The molecule has 6 nitrogen and oxygen atoms in total. The summed E-state index contributed by atoms with van der Waals surface area (Å²) >= 11 is 0. The van der Waals surface area contributed by atoms with E-state index >= 15 is 0 Å². The number of likely N-dealkylation sites (N-methyl/N-ethyl adjacent to an activating group) is 1. The molecule has 1 unspecified atom stereocenters. The van der Waals surface area contributed by atoms with Crippen LogP contribution in [0.3, 0.4) is 0 Å². The number of carbonyl (C=O) groups is 1. The second-order valence-electron chi connectivity index (χ2n) is 6.20. The summed E-state index contributed by atoms with van der Waals surface area (Å²) in [5.41, 5.74) is 7.65. The maximum Gasteiger partial charge on any atom is 0.251 e. The number of amides is 1. The number of aliphatic imine (C=N–C) groups is 1. The fourth-order valence-electron chi connectivity index (χ4n) is 3.03. The Morgan fingerprint density at radius 2 is 2.17 bits per heavy atom. The monoisotopic (exact) mass is 331 g/mol. The van der Waals surface area contributed by atoms with Crippen molar-refractivity contribution in [2.75, 3.05) is 32.7 Å². The van der Waals surface area contributed by atoms with Crippen molar-refractivity contribution >= 4 is 11.9 Å². The van der Waals surface area contributed by atoms with Gasteiger partial charge in [-0.15, -0.1) is 0 Å². The van der Waals surface area contributed by atoms with Crippen LogP contribution >= 0.6 is 0 Å². The zero-order chi connectivity index (χ0) is 17.4. The topological polar surface area (TPSA) is 82.8 Å². The van der Waals surface area contributed by atoms with Gasteiger partial charge in [0.05, 0.1) is 6.54 Å². The number of hydrogen-bond donors (Lipinski definition) is 3. The van der Waals surface area contributed by atoms with Crippen LogP contribution in [0.15, 0.2) is 29.3 Å². The largest absolute Gasteiger partial charge is 0.370 e. The summed E-state index contributed by atoms with van der Waals surface area (Å²) in [7, 11) is 0. The molecule has 2 rings (SSSR count). The third kappa shape index (κ3) is 5.53. The highest BCUT2D eigenvalue weighted by atomic mass is 16.1. The number of benzene rings is 1. The lowest BCUT2D eigenvalue weighted by atomic mass is 10.1. The van der Waals surface area contributed by atoms with Gasteiger partial charge in [-0.2, -0.15) is 0 Å². The molecule has 24 heavy (non-hydrogen) atoms. The average molecular weight is 331 g/mol. The molecule has 0 bridgehead atoms. The zero-order valence-corrected chi connectivity index (χ0v) is 14.7. The van der Waals surface area contributed by atoms with Gasteiger partial charge in [-0.3, -0.25) is 14.7 Å². The van der Waals surface area contributed by atoms with Gasteiger partial charge in [0, 0.05) is 24.7 Å². The molecule has 1 aliphatic rings. The maximum absolute atomic E-state index is 12.0. The number of carbonyl (C=O) groups excluding carboxylic acids is 1. The van der Waals surface area contributed by atoms with Gasteiger partial charge in [0.15, 0.2) is 5.96 Å². The molecule has 0 radical (unpaired) electrons. The van der Waals surface area contributed by atoms with E-state index in [4.69, 9.17) is 5.73 Å². The van der Waals surface area contributed by atoms with E-state index in [0.717, 1.165) is 25.2 Å². The van der Waals surface area contributed by atoms with Crippen molar-refractivity contribution in [3.05, 3.63) is 35.4 Å².